The number of aromatic nitrogens is 1. The topological polar surface area (TPSA) is 17.0 Å². The molecular formula is C36H33FNO+. The van der Waals surface area contributed by atoms with Gasteiger partial charge in [-0.2, -0.15) is 0 Å². The molecule has 0 N–H and O–H groups in total. The Balaban J connectivity index is 1.53. The number of aryl methyl sites for hydroxylation is 2. The molecule has 6 aromatic rings. The molecule has 2 nitrogen and oxygen atoms in total. The van der Waals surface area contributed by atoms with Gasteiger partial charge >= 0.3 is 0 Å². The number of halogens is 1. The number of furan rings is 1. The van der Waals surface area contributed by atoms with Crippen molar-refractivity contribution in [2.75, 3.05) is 0 Å². The van der Waals surface area contributed by atoms with Crippen LogP contribution in [-0.4, -0.2) is 0 Å². The number of fused-ring (bicyclic) bond motifs is 3. The van der Waals surface area contributed by atoms with Gasteiger partial charge in [-0.25, -0.2) is 8.96 Å². The van der Waals surface area contributed by atoms with E-state index in [9.17, 15) is 0 Å². The van der Waals surface area contributed by atoms with Crippen molar-refractivity contribution < 1.29 is 18.9 Å². The van der Waals surface area contributed by atoms with E-state index in [1.54, 1.807) is 23.7 Å². The quantitative estimate of drug-likeness (QED) is 0.213. The lowest BCUT2D eigenvalue weighted by atomic mass is 9.85. The molecule has 0 bridgehead atoms. The van der Waals surface area contributed by atoms with Crippen LogP contribution in [0.4, 0.5) is 4.39 Å². The largest absolute Gasteiger partial charge is 0.454 e. The average molecular weight is 519 g/mol. The third kappa shape index (κ3) is 4.32. The van der Waals surface area contributed by atoms with Crippen LogP contribution in [0.3, 0.4) is 0 Å². The highest BCUT2D eigenvalue weighted by Crippen LogP contribution is 2.42. The Kier molecular flexibility index (Phi) is 4.88. The van der Waals surface area contributed by atoms with Crippen LogP contribution < -0.4 is 4.57 Å². The Morgan fingerprint density at radius 1 is 0.795 bits per heavy atom. The van der Waals surface area contributed by atoms with E-state index in [-0.39, 0.29) is 17.2 Å². The summed E-state index contributed by atoms with van der Waals surface area (Å²) in [6, 6.07) is 26.4. The van der Waals surface area contributed by atoms with E-state index in [1.165, 1.54) is 17.7 Å². The van der Waals surface area contributed by atoms with Crippen molar-refractivity contribution >= 4 is 21.9 Å². The Morgan fingerprint density at radius 3 is 2.21 bits per heavy atom. The number of rotatable bonds is 3. The smallest absolute Gasteiger partial charge is 0.216 e. The molecule has 2 aromatic heterocycles. The summed E-state index contributed by atoms with van der Waals surface area (Å²) >= 11 is 0. The Bertz CT molecular complexity index is 2030. The van der Waals surface area contributed by atoms with Crippen molar-refractivity contribution in [3.8, 4) is 33.5 Å². The van der Waals surface area contributed by atoms with Crippen LogP contribution in [0.2, 0.25) is 0 Å². The maximum Gasteiger partial charge on any atom is 0.216 e. The summed E-state index contributed by atoms with van der Waals surface area (Å²) in [5.41, 5.74) is 7.58. The van der Waals surface area contributed by atoms with Crippen molar-refractivity contribution in [3.63, 3.8) is 0 Å². The number of pyridine rings is 1. The second-order valence-corrected chi connectivity index (χ2v) is 11.3. The lowest BCUT2D eigenvalue weighted by molar-refractivity contribution is -0.660. The van der Waals surface area contributed by atoms with E-state index in [2.05, 4.69) is 45.0 Å². The molecule has 0 aliphatic heterocycles. The summed E-state index contributed by atoms with van der Waals surface area (Å²) in [7, 11) is 1.73. The van der Waals surface area contributed by atoms with Gasteiger partial charge in [-0.05, 0) is 64.7 Å². The highest BCUT2D eigenvalue weighted by molar-refractivity contribution is 6.13. The summed E-state index contributed by atoms with van der Waals surface area (Å²) in [5, 5.41) is 1.55. The van der Waals surface area contributed by atoms with Crippen LogP contribution in [0.15, 0.2) is 95.5 Å². The number of hydrogen-bond donors (Lipinski definition) is 0. The molecule has 0 fully saturated rings. The minimum atomic E-state index is -2.37. The van der Waals surface area contributed by atoms with Gasteiger partial charge in [0.05, 0.1) is 11.1 Å². The fraction of sp³-hybridized carbons (Fsp3) is 0.194. The molecule has 0 unspecified atom stereocenters. The first-order valence-corrected chi connectivity index (χ1v) is 13.1. The molecule has 0 aliphatic carbocycles. The minimum Gasteiger partial charge on any atom is -0.454 e. The van der Waals surface area contributed by atoms with E-state index in [1.807, 2.05) is 43.3 Å². The van der Waals surface area contributed by atoms with Gasteiger partial charge in [-0.1, -0.05) is 81.4 Å². The molecule has 4 aromatic carbocycles. The van der Waals surface area contributed by atoms with Crippen LogP contribution in [0.5, 0.6) is 0 Å². The second-order valence-electron chi connectivity index (χ2n) is 11.3. The Morgan fingerprint density at radius 2 is 1.49 bits per heavy atom. The van der Waals surface area contributed by atoms with E-state index < -0.39 is 12.7 Å². The Hall–Kier alpha value is -4.24. The average Bonchev–Trinajstić information content (AvgIpc) is 3.32. The molecule has 0 spiro atoms. The third-order valence-electron chi connectivity index (χ3n) is 7.53. The SMILES string of the molecule is [2H]c1cc(C([2H])([2H])[2H])cc(-c2c(C)ccc3c2oc2c(-c4ccc(-c5cccc(C(C)(C)C)c5)cc4)c(F)ccc23)[n+]1C. The second kappa shape index (κ2) is 9.20. The fourth-order valence-electron chi connectivity index (χ4n) is 5.32. The monoisotopic (exact) mass is 518 g/mol. The molecule has 0 saturated heterocycles. The molecule has 0 amide bonds. The number of hydrogen-bond acceptors (Lipinski definition) is 1. The molecule has 39 heavy (non-hydrogen) atoms. The van der Waals surface area contributed by atoms with Crippen LogP contribution in [0.25, 0.3) is 55.4 Å². The van der Waals surface area contributed by atoms with Gasteiger partial charge < -0.3 is 4.42 Å². The van der Waals surface area contributed by atoms with Crippen molar-refractivity contribution in [2.24, 2.45) is 7.05 Å². The lowest BCUT2D eigenvalue weighted by Crippen LogP contribution is -2.30. The molecule has 6 rings (SSSR count). The van der Waals surface area contributed by atoms with Gasteiger partial charge in [0.1, 0.15) is 25.4 Å². The summed E-state index contributed by atoms with van der Waals surface area (Å²) in [4.78, 5) is 0. The maximum atomic E-state index is 15.6. The van der Waals surface area contributed by atoms with Crippen LogP contribution in [0.1, 0.15) is 42.9 Å². The summed E-state index contributed by atoms with van der Waals surface area (Å²) < 4.78 is 56.0. The maximum absolute atomic E-state index is 15.6. The molecule has 0 saturated carbocycles. The van der Waals surface area contributed by atoms with Crippen LogP contribution >= 0.6 is 0 Å². The molecule has 0 radical (unpaired) electrons. The predicted molar refractivity (Wildman–Crippen MR) is 159 cm³/mol. The first-order chi connectivity index (χ1) is 20.2. The van der Waals surface area contributed by atoms with Gasteiger partial charge in [0, 0.05) is 27.0 Å². The van der Waals surface area contributed by atoms with Gasteiger partial charge in [-0.15, -0.1) is 0 Å². The third-order valence-corrected chi connectivity index (χ3v) is 7.53. The van der Waals surface area contributed by atoms with E-state index in [4.69, 9.17) is 9.90 Å². The van der Waals surface area contributed by atoms with Crippen LogP contribution in [0, 0.1) is 19.6 Å². The Labute approximate surface area is 235 Å². The summed E-state index contributed by atoms with van der Waals surface area (Å²) in [6.07, 6.45) is 0.0657. The van der Waals surface area contributed by atoms with Crippen molar-refractivity contribution in [1.29, 1.82) is 0 Å². The molecule has 2 heterocycles. The van der Waals surface area contributed by atoms with Crippen molar-refractivity contribution in [1.82, 2.24) is 0 Å². The van der Waals surface area contributed by atoms with Crippen molar-refractivity contribution in [2.45, 2.75) is 40.0 Å². The minimum absolute atomic E-state index is 0.0283. The standard InChI is InChI=1S/C36H33FNO/c1-22-18-19-38(6)31(20-22)32-23(2)10-15-28-29-16-17-30(37)33(35(29)39-34(28)32)25-13-11-24(12-14-25)26-8-7-9-27(21-26)36(3,4)5/h7-21H,1-6H3/q+1/i1D3,19D. The first-order valence-electron chi connectivity index (χ1n) is 15.1. The van der Waals surface area contributed by atoms with E-state index in [0.717, 1.165) is 27.5 Å². The molecular weight excluding hydrogens is 481 g/mol. The zero-order chi connectivity index (χ0) is 30.8. The van der Waals surface area contributed by atoms with Crippen molar-refractivity contribution in [3.05, 3.63) is 114 Å². The highest BCUT2D eigenvalue weighted by atomic mass is 19.1. The molecule has 3 heteroatoms. The van der Waals surface area contributed by atoms with Gasteiger partial charge in [-0.3, -0.25) is 0 Å². The molecule has 0 atom stereocenters. The molecule has 0 aliphatic rings. The predicted octanol–water partition coefficient (Wildman–Crippen LogP) is 9.46. The van der Waals surface area contributed by atoms with Gasteiger partial charge in [0.2, 0.25) is 5.69 Å². The number of nitrogens with zero attached hydrogens (tertiary/aromatic N) is 1. The van der Waals surface area contributed by atoms with Crippen LogP contribution in [-0.2, 0) is 12.5 Å². The zero-order valence-electron chi connectivity index (χ0n) is 26.8. The fourth-order valence-corrected chi connectivity index (χ4v) is 5.32. The lowest BCUT2D eigenvalue weighted by Gasteiger charge is -2.20. The molecule has 194 valence electrons. The zero-order valence-corrected chi connectivity index (χ0v) is 22.8. The number of benzene rings is 4. The normalized spacial score (nSPS) is 13.8. The van der Waals surface area contributed by atoms with Gasteiger partial charge in [0.25, 0.3) is 0 Å². The first kappa shape index (κ1) is 20.7. The van der Waals surface area contributed by atoms with E-state index >= 15 is 4.39 Å². The highest BCUT2D eigenvalue weighted by Gasteiger charge is 2.23. The summed E-state index contributed by atoms with van der Waals surface area (Å²) in [6.45, 7) is 6.12. The van der Waals surface area contributed by atoms with Gasteiger partial charge in [0.15, 0.2) is 6.17 Å². The summed E-state index contributed by atoms with van der Waals surface area (Å²) in [5.74, 6) is -0.393. The van der Waals surface area contributed by atoms with E-state index in [0.29, 0.717) is 33.6 Å².